The quantitative estimate of drug-likeness (QED) is 0.645. The van der Waals surface area contributed by atoms with Gasteiger partial charge in [0.2, 0.25) is 0 Å². The maximum Gasteiger partial charge on any atom is 0.136 e. The van der Waals surface area contributed by atoms with Gasteiger partial charge in [-0.15, -0.1) is 0 Å². The van der Waals surface area contributed by atoms with E-state index in [1.165, 1.54) is 22.3 Å². The van der Waals surface area contributed by atoms with Gasteiger partial charge in [-0.3, -0.25) is 0 Å². The van der Waals surface area contributed by atoms with Crippen molar-refractivity contribution in [1.82, 2.24) is 4.90 Å². The molecule has 0 amide bonds. The van der Waals surface area contributed by atoms with E-state index in [4.69, 9.17) is 4.74 Å². The number of ether oxygens (including phenoxy) is 1. The molecule has 3 heterocycles. The zero-order valence-corrected chi connectivity index (χ0v) is 13.7. The third-order valence-corrected chi connectivity index (χ3v) is 5.34. The number of nitrogens with zero attached hydrogens (tertiary/aromatic N) is 1. The van der Waals surface area contributed by atoms with E-state index < -0.39 is 0 Å². The minimum Gasteiger partial charge on any atom is -0.481 e. The molecule has 2 heteroatoms. The second-order valence-corrected chi connectivity index (χ2v) is 6.86. The zero-order valence-electron chi connectivity index (χ0n) is 13.7. The van der Waals surface area contributed by atoms with Crippen molar-refractivity contribution >= 4 is 11.6 Å². The Hall–Kier alpha value is -2.48. The van der Waals surface area contributed by atoms with E-state index >= 15 is 0 Å². The van der Waals surface area contributed by atoms with Gasteiger partial charge in [-0.25, -0.2) is 0 Å². The van der Waals surface area contributed by atoms with E-state index in [9.17, 15) is 0 Å². The average Bonchev–Trinajstić information content (AvgIpc) is 2.76. The average molecular weight is 315 g/mol. The summed E-state index contributed by atoms with van der Waals surface area (Å²) >= 11 is 0. The molecule has 0 N–H and O–H groups in total. The van der Waals surface area contributed by atoms with Crippen LogP contribution in [0.3, 0.4) is 0 Å². The van der Waals surface area contributed by atoms with Crippen molar-refractivity contribution in [2.75, 3.05) is 13.1 Å². The number of allylic oxidation sites excluding steroid dienone is 5. The van der Waals surface area contributed by atoms with Crippen LogP contribution in [0.5, 0.6) is 5.75 Å². The third kappa shape index (κ3) is 2.25. The summed E-state index contributed by atoms with van der Waals surface area (Å²) in [7, 11) is 0. The highest BCUT2D eigenvalue weighted by Gasteiger charge is 2.28. The first-order valence-corrected chi connectivity index (χ1v) is 8.88. The van der Waals surface area contributed by atoms with Gasteiger partial charge in [0.1, 0.15) is 11.9 Å². The summed E-state index contributed by atoms with van der Waals surface area (Å²) in [6.45, 7) is 2.22. The van der Waals surface area contributed by atoms with E-state index in [0.29, 0.717) is 5.92 Å². The van der Waals surface area contributed by atoms with Crippen molar-refractivity contribution < 1.29 is 4.74 Å². The van der Waals surface area contributed by atoms with E-state index in [1.54, 1.807) is 0 Å². The molecule has 2 nitrogen and oxygen atoms in total. The van der Waals surface area contributed by atoms with Crippen molar-refractivity contribution in [1.29, 1.82) is 0 Å². The van der Waals surface area contributed by atoms with Crippen LogP contribution in [0.1, 0.15) is 35.4 Å². The normalized spacial score (nSPS) is 27.7. The Morgan fingerprint density at radius 3 is 3.04 bits per heavy atom. The van der Waals surface area contributed by atoms with Crippen LogP contribution in [0.4, 0.5) is 0 Å². The van der Waals surface area contributed by atoms with Gasteiger partial charge in [-0.2, -0.15) is 0 Å². The lowest BCUT2D eigenvalue weighted by Crippen LogP contribution is -2.25. The minimum atomic E-state index is 0.0393. The zero-order chi connectivity index (χ0) is 15.9. The predicted octanol–water partition coefficient (Wildman–Crippen LogP) is 4.68. The fourth-order valence-corrected chi connectivity index (χ4v) is 4.10. The van der Waals surface area contributed by atoms with Gasteiger partial charge < -0.3 is 9.64 Å². The first-order valence-electron chi connectivity index (χ1n) is 8.88. The highest BCUT2D eigenvalue weighted by atomic mass is 16.5. The van der Waals surface area contributed by atoms with E-state index in [0.717, 1.165) is 31.7 Å². The molecule has 0 saturated heterocycles. The molecule has 1 aromatic carbocycles. The monoisotopic (exact) mass is 315 g/mol. The Morgan fingerprint density at radius 1 is 1.04 bits per heavy atom. The Balaban J connectivity index is 1.73. The van der Waals surface area contributed by atoms with Crippen LogP contribution in [0, 0.1) is 0 Å². The standard InChI is InChI=1S/C22H21NO/c1-2-7-19-15-18(6-1)20-9-8-17-11-14-23-12-4-3-5-16(10-13-23)21(17)22(20)24-19/h1-3,5-9,11,14-16,19H,4,10,12-13H2/b5-3-,14-11?. The minimum absolute atomic E-state index is 0.0393. The maximum absolute atomic E-state index is 6.41. The molecule has 5 rings (SSSR count). The SMILES string of the molecule is C1=CC2=CC(C=C1)Oc1c2ccc2c1C1/C=C\CCN(C=C2)CC1. The fourth-order valence-electron chi connectivity index (χ4n) is 4.10. The summed E-state index contributed by atoms with van der Waals surface area (Å²) in [5.74, 6) is 1.51. The van der Waals surface area contributed by atoms with E-state index in [-0.39, 0.29) is 6.10 Å². The van der Waals surface area contributed by atoms with Crippen LogP contribution in [0.15, 0.2) is 60.9 Å². The number of fused-ring (bicyclic) bond motifs is 9. The van der Waals surface area contributed by atoms with Crippen LogP contribution in [-0.4, -0.2) is 24.1 Å². The molecule has 120 valence electrons. The number of benzene rings is 1. The molecule has 3 aliphatic heterocycles. The Labute approximate surface area is 143 Å². The molecule has 2 atom stereocenters. The lowest BCUT2D eigenvalue weighted by molar-refractivity contribution is 0.285. The molecule has 0 radical (unpaired) electrons. The number of rotatable bonds is 0. The Kier molecular flexibility index (Phi) is 3.22. The van der Waals surface area contributed by atoms with Gasteiger partial charge >= 0.3 is 0 Å². The van der Waals surface area contributed by atoms with E-state index in [2.05, 4.69) is 71.8 Å². The molecule has 4 bridgehead atoms. The maximum atomic E-state index is 6.41. The lowest BCUT2D eigenvalue weighted by Gasteiger charge is -2.32. The van der Waals surface area contributed by atoms with Crippen molar-refractivity contribution in [2.45, 2.75) is 24.9 Å². The van der Waals surface area contributed by atoms with Crippen molar-refractivity contribution in [3.63, 3.8) is 0 Å². The summed E-state index contributed by atoms with van der Waals surface area (Å²) in [5.41, 5.74) is 5.16. The topological polar surface area (TPSA) is 12.5 Å². The number of hydrogen-bond donors (Lipinski definition) is 0. The summed E-state index contributed by atoms with van der Waals surface area (Å²) in [6, 6.07) is 4.47. The predicted molar refractivity (Wildman–Crippen MR) is 98.8 cm³/mol. The van der Waals surface area contributed by atoms with Crippen LogP contribution < -0.4 is 4.74 Å². The molecular formula is C22H21NO. The Bertz CT molecular complexity index is 825. The van der Waals surface area contributed by atoms with Gasteiger partial charge in [0.15, 0.2) is 0 Å². The molecule has 4 aliphatic rings. The largest absolute Gasteiger partial charge is 0.481 e. The molecule has 0 aromatic heterocycles. The van der Waals surface area contributed by atoms with Gasteiger partial charge in [0.25, 0.3) is 0 Å². The van der Waals surface area contributed by atoms with Gasteiger partial charge in [-0.1, -0.05) is 42.5 Å². The molecular weight excluding hydrogens is 294 g/mol. The highest BCUT2D eigenvalue weighted by Crippen LogP contribution is 2.44. The summed E-state index contributed by atoms with van der Waals surface area (Å²) < 4.78 is 6.41. The van der Waals surface area contributed by atoms with Crippen LogP contribution in [-0.2, 0) is 0 Å². The first kappa shape index (κ1) is 13.9. The van der Waals surface area contributed by atoms with Crippen molar-refractivity contribution in [3.8, 4) is 5.75 Å². The second-order valence-electron chi connectivity index (χ2n) is 6.86. The summed E-state index contributed by atoms with van der Waals surface area (Å²) in [4.78, 5) is 2.44. The highest BCUT2D eigenvalue weighted by molar-refractivity contribution is 5.83. The van der Waals surface area contributed by atoms with Crippen molar-refractivity contribution in [2.24, 2.45) is 0 Å². The lowest BCUT2D eigenvalue weighted by atomic mass is 9.84. The van der Waals surface area contributed by atoms with Crippen LogP contribution >= 0.6 is 0 Å². The smallest absolute Gasteiger partial charge is 0.136 e. The molecule has 0 saturated carbocycles. The molecule has 24 heavy (non-hydrogen) atoms. The summed E-state index contributed by atoms with van der Waals surface area (Å²) in [6.07, 6.45) is 22.3. The van der Waals surface area contributed by atoms with Crippen molar-refractivity contribution in [3.05, 3.63) is 77.6 Å². The summed E-state index contributed by atoms with van der Waals surface area (Å²) in [5, 5.41) is 0. The number of hydrogen-bond acceptors (Lipinski definition) is 2. The van der Waals surface area contributed by atoms with Crippen LogP contribution in [0.25, 0.3) is 11.6 Å². The van der Waals surface area contributed by atoms with E-state index in [1.807, 2.05) is 0 Å². The second kappa shape index (κ2) is 5.55. The van der Waals surface area contributed by atoms with Crippen LogP contribution in [0.2, 0.25) is 0 Å². The molecule has 1 aromatic rings. The molecule has 1 aliphatic carbocycles. The van der Waals surface area contributed by atoms with Gasteiger partial charge in [0.05, 0.1) is 0 Å². The Morgan fingerprint density at radius 2 is 2.04 bits per heavy atom. The molecule has 0 fully saturated rings. The fraction of sp³-hybridized carbons (Fsp3) is 0.273. The first-order chi connectivity index (χ1) is 11.9. The third-order valence-electron chi connectivity index (χ3n) is 5.34. The molecule has 0 spiro atoms. The molecule has 2 unspecified atom stereocenters. The van der Waals surface area contributed by atoms with Gasteiger partial charge in [-0.05, 0) is 48.4 Å². The van der Waals surface area contributed by atoms with Gasteiger partial charge in [0, 0.05) is 30.1 Å².